The number of rotatable bonds is 4. The van der Waals surface area contributed by atoms with E-state index in [0.717, 1.165) is 36.8 Å². The summed E-state index contributed by atoms with van der Waals surface area (Å²) in [6.45, 7) is 1.88. The highest BCUT2D eigenvalue weighted by molar-refractivity contribution is 5.81. The average Bonchev–Trinajstić information content (AvgIpc) is 2.75. The number of carbonyl (C=O) groups excluding carboxylic acids is 3. The minimum absolute atomic E-state index is 0.0883. The molecule has 1 fully saturated rings. The fourth-order valence-corrected chi connectivity index (χ4v) is 4.08. The fourth-order valence-electron chi connectivity index (χ4n) is 4.08. The largest absolute Gasteiger partial charge is 0.460 e. The second-order valence-electron chi connectivity index (χ2n) is 8.12. The van der Waals surface area contributed by atoms with Crippen molar-refractivity contribution in [3.8, 4) is 0 Å². The summed E-state index contributed by atoms with van der Waals surface area (Å²) in [7, 11) is 0. The first-order valence-corrected chi connectivity index (χ1v) is 11.1. The van der Waals surface area contributed by atoms with Gasteiger partial charge in [0.1, 0.15) is 6.10 Å². The number of ether oxygens (including phenoxy) is 1. The Morgan fingerprint density at radius 1 is 1.13 bits per heavy atom. The number of nitrogens with zero attached hydrogens (tertiary/aromatic N) is 2. The zero-order valence-electron chi connectivity index (χ0n) is 18.1. The SMILES string of the molecule is CC(=O)N/N=C/c1ccc(CN2C(=O)CC/C=C/CCC(=O)O[C@@H]3CCCC[C@H]32)cc1. The van der Waals surface area contributed by atoms with E-state index in [-0.39, 0.29) is 29.9 Å². The number of benzene rings is 1. The first-order chi connectivity index (χ1) is 15.0. The molecule has 1 aliphatic heterocycles. The molecule has 0 bridgehead atoms. The van der Waals surface area contributed by atoms with E-state index in [4.69, 9.17) is 4.74 Å². The van der Waals surface area contributed by atoms with Gasteiger partial charge >= 0.3 is 5.97 Å². The van der Waals surface area contributed by atoms with Crippen molar-refractivity contribution in [1.29, 1.82) is 0 Å². The van der Waals surface area contributed by atoms with Crippen LogP contribution in [0.3, 0.4) is 0 Å². The van der Waals surface area contributed by atoms with Gasteiger partial charge in [-0.3, -0.25) is 14.4 Å². The summed E-state index contributed by atoms with van der Waals surface area (Å²) in [6, 6.07) is 7.64. The van der Waals surface area contributed by atoms with Crippen LogP contribution in [0.4, 0.5) is 0 Å². The van der Waals surface area contributed by atoms with E-state index in [9.17, 15) is 14.4 Å². The number of hydrazone groups is 1. The number of esters is 1. The van der Waals surface area contributed by atoms with E-state index in [1.54, 1.807) is 6.21 Å². The Balaban J connectivity index is 1.77. The summed E-state index contributed by atoms with van der Waals surface area (Å²) in [5, 5.41) is 3.87. The average molecular weight is 426 g/mol. The lowest BCUT2D eigenvalue weighted by atomic mass is 9.90. The Hall–Kier alpha value is -2.96. The van der Waals surface area contributed by atoms with Gasteiger partial charge in [0.15, 0.2) is 0 Å². The van der Waals surface area contributed by atoms with Gasteiger partial charge in [0.25, 0.3) is 0 Å². The number of carbonyl (C=O) groups is 3. The summed E-state index contributed by atoms with van der Waals surface area (Å²) in [4.78, 5) is 38.2. The van der Waals surface area contributed by atoms with Crippen molar-refractivity contribution in [3.63, 3.8) is 0 Å². The zero-order chi connectivity index (χ0) is 22.1. The molecule has 1 heterocycles. The summed E-state index contributed by atoms with van der Waals surface area (Å²) < 4.78 is 5.81. The van der Waals surface area contributed by atoms with E-state index in [1.165, 1.54) is 6.92 Å². The molecule has 7 nitrogen and oxygen atoms in total. The third-order valence-corrected chi connectivity index (χ3v) is 5.65. The van der Waals surface area contributed by atoms with Crippen LogP contribution in [-0.2, 0) is 25.7 Å². The molecule has 2 aliphatic rings. The van der Waals surface area contributed by atoms with E-state index in [2.05, 4.69) is 10.5 Å². The number of amides is 2. The first-order valence-electron chi connectivity index (χ1n) is 11.1. The van der Waals surface area contributed by atoms with Gasteiger partial charge in [-0.1, -0.05) is 42.8 Å². The molecule has 31 heavy (non-hydrogen) atoms. The molecular formula is C24H31N3O4. The molecule has 1 saturated carbocycles. The van der Waals surface area contributed by atoms with Crippen molar-refractivity contribution in [3.05, 3.63) is 47.5 Å². The van der Waals surface area contributed by atoms with Crippen molar-refractivity contribution >= 4 is 24.0 Å². The maximum Gasteiger partial charge on any atom is 0.306 e. The van der Waals surface area contributed by atoms with Gasteiger partial charge in [-0.25, -0.2) is 5.43 Å². The van der Waals surface area contributed by atoms with Crippen molar-refractivity contribution in [1.82, 2.24) is 10.3 Å². The van der Waals surface area contributed by atoms with Gasteiger partial charge in [0.2, 0.25) is 11.8 Å². The summed E-state index contributed by atoms with van der Waals surface area (Å²) in [6.07, 6.45) is 11.1. The third kappa shape index (κ3) is 7.05. The lowest BCUT2D eigenvalue weighted by Crippen LogP contribution is -2.49. The van der Waals surface area contributed by atoms with Gasteiger partial charge in [0.05, 0.1) is 12.3 Å². The zero-order valence-corrected chi connectivity index (χ0v) is 18.1. The third-order valence-electron chi connectivity index (χ3n) is 5.65. The Kier molecular flexibility index (Phi) is 8.38. The minimum atomic E-state index is -0.238. The monoisotopic (exact) mass is 425 g/mol. The Morgan fingerprint density at radius 3 is 2.58 bits per heavy atom. The molecular weight excluding hydrogens is 394 g/mol. The lowest BCUT2D eigenvalue weighted by molar-refractivity contribution is -0.159. The van der Waals surface area contributed by atoms with Crippen LogP contribution in [0.5, 0.6) is 0 Å². The molecule has 1 N–H and O–H groups in total. The van der Waals surface area contributed by atoms with Gasteiger partial charge < -0.3 is 9.64 Å². The molecule has 7 heteroatoms. The number of hydrogen-bond donors (Lipinski definition) is 1. The minimum Gasteiger partial charge on any atom is -0.460 e. The number of fused-ring (bicyclic) bond motifs is 1. The molecule has 0 radical (unpaired) electrons. The highest BCUT2D eigenvalue weighted by atomic mass is 16.5. The molecule has 2 atom stereocenters. The Labute approximate surface area is 183 Å². The van der Waals surface area contributed by atoms with Crippen molar-refractivity contribution in [2.75, 3.05) is 0 Å². The Morgan fingerprint density at radius 2 is 1.84 bits per heavy atom. The second kappa shape index (κ2) is 11.4. The fraction of sp³-hybridized carbons (Fsp3) is 0.500. The van der Waals surface area contributed by atoms with Crippen LogP contribution in [0.2, 0.25) is 0 Å². The summed E-state index contributed by atoms with van der Waals surface area (Å²) in [5.41, 5.74) is 4.24. The molecule has 3 rings (SSSR count). The van der Waals surface area contributed by atoms with Gasteiger partial charge in [-0.05, 0) is 43.2 Å². The van der Waals surface area contributed by atoms with Crippen LogP contribution >= 0.6 is 0 Å². The highest BCUT2D eigenvalue weighted by Crippen LogP contribution is 2.28. The molecule has 0 saturated heterocycles. The quantitative estimate of drug-likeness (QED) is 0.346. The number of allylic oxidation sites excluding steroid dienone is 2. The van der Waals surface area contributed by atoms with Gasteiger partial charge in [0, 0.05) is 26.3 Å². The normalized spacial score (nSPS) is 24.0. The summed E-state index contributed by atoms with van der Waals surface area (Å²) >= 11 is 0. The topological polar surface area (TPSA) is 88.1 Å². The maximum atomic E-state index is 13.1. The molecule has 166 valence electrons. The van der Waals surface area contributed by atoms with Crippen molar-refractivity contribution in [2.45, 2.75) is 77.0 Å². The molecule has 1 aromatic rings. The first kappa shape index (κ1) is 22.7. The standard InChI is InChI=1S/C24H31N3O4/c1-18(28)26-25-16-19-12-14-20(15-13-19)17-27-21-8-6-7-9-22(21)31-24(30)11-5-3-2-4-10-23(27)29/h2-3,12-16,21-22H,4-11,17H2,1H3,(H,26,28)/b3-2+,25-16+/t21-,22-/m1/s1. The maximum absolute atomic E-state index is 13.1. The van der Waals surface area contributed by atoms with E-state index in [1.807, 2.05) is 41.3 Å². The van der Waals surface area contributed by atoms with Crippen molar-refractivity contribution in [2.24, 2.45) is 5.10 Å². The van der Waals surface area contributed by atoms with E-state index < -0.39 is 0 Å². The van der Waals surface area contributed by atoms with Crippen molar-refractivity contribution < 1.29 is 19.1 Å². The predicted octanol–water partition coefficient (Wildman–Crippen LogP) is 3.47. The molecule has 0 spiro atoms. The smallest absolute Gasteiger partial charge is 0.306 e. The lowest BCUT2D eigenvalue weighted by Gasteiger charge is -2.39. The van der Waals surface area contributed by atoms with Crippen LogP contribution in [0.25, 0.3) is 0 Å². The predicted molar refractivity (Wildman–Crippen MR) is 118 cm³/mol. The van der Waals surface area contributed by atoms with Crippen LogP contribution in [0, 0.1) is 0 Å². The molecule has 1 aromatic carbocycles. The van der Waals surface area contributed by atoms with Crippen LogP contribution in [0.15, 0.2) is 41.5 Å². The molecule has 0 unspecified atom stereocenters. The van der Waals surface area contributed by atoms with Gasteiger partial charge in [-0.15, -0.1) is 0 Å². The van der Waals surface area contributed by atoms with Crippen LogP contribution < -0.4 is 5.43 Å². The van der Waals surface area contributed by atoms with E-state index >= 15 is 0 Å². The second-order valence-corrected chi connectivity index (χ2v) is 8.12. The molecule has 2 amide bonds. The van der Waals surface area contributed by atoms with Gasteiger partial charge in [-0.2, -0.15) is 5.10 Å². The van der Waals surface area contributed by atoms with Crippen LogP contribution in [0.1, 0.15) is 69.4 Å². The van der Waals surface area contributed by atoms with E-state index in [0.29, 0.717) is 32.2 Å². The summed E-state index contributed by atoms with van der Waals surface area (Å²) in [5.74, 6) is -0.314. The molecule has 1 aliphatic carbocycles. The highest BCUT2D eigenvalue weighted by Gasteiger charge is 2.35. The number of hydrogen-bond acceptors (Lipinski definition) is 5. The molecule has 0 aromatic heterocycles. The van der Waals surface area contributed by atoms with Crippen LogP contribution in [-0.4, -0.2) is 41.0 Å². The number of nitrogens with one attached hydrogen (secondary N) is 1. The Bertz CT molecular complexity index is 832.